The highest BCUT2D eigenvalue weighted by Crippen LogP contribution is 2.28. The Morgan fingerprint density at radius 2 is 2.20 bits per heavy atom. The van der Waals surface area contributed by atoms with Gasteiger partial charge < -0.3 is 15.0 Å². The van der Waals surface area contributed by atoms with Crippen LogP contribution in [0.1, 0.15) is 30.8 Å². The Kier molecular flexibility index (Phi) is 6.01. The monoisotopic (exact) mass is 295 g/mol. The van der Waals surface area contributed by atoms with Gasteiger partial charge in [0.1, 0.15) is 0 Å². The first-order chi connectivity index (χ1) is 9.70. The van der Waals surface area contributed by atoms with Crippen molar-refractivity contribution in [1.82, 2.24) is 10.3 Å². The molecule has 0 aromatic carbocycles. The lowest BCUT2D eigenvalue weighted by atomic mass is 10.2. The molecule has 1 fully saturated rings. The summed E-state index contributed by atoms with van der Waals surface area (Å²) in [5.74, 6) is 0. The lowest BCUT2D eigenvalue weighted by Crippen LogP contribution is -2.36. The van der Waals surface area contributed by atoms with E-state index in [4.69, 9.17) is 9.72 Å². The third kappa shape index (κ3) is 4.30. The maximum Gasteiger partial charge on any atom is 0.186 e. The minimum absolute atomic E-state index is 0.809. The van der Waals surface area contributed by atoms with E-state index >= 15 is 0 Å². The van der Waals surface area contributed by atoms with Gasteiger partial charge in [-0.3, -0.25) is 0 Å². The highest BCUT2D eigenvalue weighted by atomic mass is 32.1. The Morgan fingerprint density at radius 3 is 2.90 bits per heavy atom. The Bertz CT molecular complexity index is 450. The average molecular weight is 295 g/mol. The average Bonchev–Trinajstić information content (AvgIpc) is 2.81. The number of aryl methyl sites for hydroxylation is 1. The molecule has 1 saturated heterocycles. The van der Waals surface area contributed by atoms with Crippen LogP contribution in [-0.2, 0) is 4.74 Å². The maximum absolute atomic E-state index is 5.39. The number of anilines is 1. The van der Waals surface area contributed by atoms with Gasteiger partial charge in [0.2, 0.25) is 0 Å². The first-order valence-corrected chi connectivity index (χ1v) is 8.20. The van der Waals surface area contributed by atoms with Gasteiger partial charge in [-0.2, -0.15) is 0 Å². The van der Waals surface area contributed by atoms with E-state index in [0.29, 0.717) is 0 Å². The van der Waals surface area contributed by atoms with E-state index in [-0.39, 0.29) is 0 Å². The minimum atomic E-state index is 0.809. The molecule has 5 heteroatoms. The second-order valence-electron chi connectivity index (χ2n) is 5.21. The summed E-state index contributed by atoms with van der Waals surface area (Å²) in [6.07, 6.45) is 3.44. The van der Waals surface area contributed by atoms with E-state index in [2.05, 4.69) is 37.1 Å². The molecule has 1 aromatic heterocycles. The van der Waals surface area contributed by atoms with Crippen LogP contribution >= 0.6 is 11.3 Å². The molecule has 0 unspecified atom stereocenters. The summed E-state index contributed by atoms with van der Waals surface area (Å²) in [7, 11) is 0. The van der Waals surface area contributed by atoms with Crippen LogP contribution in [0, 0.1) is 6.92 Å². The molecule has 2 heterocycles. The number of thiazole rings is 1. The zero-order valence-corrected chi connectivity index (χ0v) is 13.6. The smallest absolute Gasteiger partial charge is 0.186 e. The second kappa shape index (κ2) is 7.76. The van der Waals surface area contributed by atoms with Gasteiger partial charge in [-0.1, -0.05) is 23.8 Å². The zero-order chi connectivity index (χ0) is 14.4. The molecule has 0 bridgehead atoms. The van der Waals surface area contributed by atoms with Gasteiger partial charge in [0, 0.05) is 19.6 Å². The molecule has 1 aliphatic heterocycles. The molecule has 0 spiro atoms. The van der Waals surface area contributed by atoms with Gasteiger partial charge in [0.25, 0.3) is 0 Å². The largest absolute Gasteiger partial charge is 0.378 e. The van der Waals surface area contributed by atoms with Crippen molar-refractivity contribution in [1.29, 1.82) is 0 Å². The zero-order valence-electron chi connectivity index (χ0n) is 12.7. The molecule has 0 aliphatic carbocycles. The number of rotatable bonds is 6. The molecule has 112 valence electrons. The minimum Gasteiger partial charge on any atom is -0.378 e. The van der Waals surface area contributed by atoms with Crippen molar-refractivity contribution >= 4 is 22.5 Å². The van der Waals surface area contributed by atoms with Crippen LogP contribution in [0.4, 0.5) is 5.13 Å². The summed E-state index contributed by atoms with van der Waals surface area (Å²) in [5, 5.41) is 4.56. The predicted molar refractivity (Wildman–Crippen MR) is 86.7 cm³/mol. The summed E-state index contributed by atoms with van der Waals surface area (Å²) in [4.78, 5) is 8.31. The molecule has 0 atom stereocenters. The standard InChI is InChI=1S/C15H25N3OS/c1-4-5-16-11-12(2)10-14-13(3)17-15(20-14)18-6-8-19-9-7-18/h10,16H,4-9,11H2,1-3H3. The van der Waals surface area contributed by atoms with Crippen molar-refractivity contribution in [2.24, 2.45) is 0 Å². The third-order valence-electron chi connectivity index (χ3n) is 3.31. The lowest BCUT2D eigenvalue weighted by Gasteiger charge is -2.26. The maximum atomic E-state index is 5.39. The normalized spacial score (nSPS) is 16.8. The van der Waals surface area contributed by atoms with E-state index in [1.54, 1.807) is 11.3 Å². The quantitative estimate of drug-likeness (QED) is 0.819. The topological polar surface area (TPSA) is 37.4 Å². The summed E-state index contributed by atoms with van der Waals surface area (Å²) in [6.45, 7) is 12.0. The number of nitrogens with one attached hydrogen (secondary N) is 1. The van der Waals surface area contributed by atoms with E-state index in [0.717, 1.165) is 50.2 Å². The molecule has 4 nitrogen and oxygen atoms in total. The van der Waals surface area contributed by atoms with E-state index < -0.39 is 0 Å². The predicted octanol–water partition coefficient (Wildman–Crippen LogP) is 2.69. The van der Waals surface area contributed by atoms with Crippen LogP contribution in [0.3, 0.4) is 0 Å². The highest BCUT2D eigenvalue weighted by molar-refractivity contribution is 7.16. The van der Waals surface area contributed by atoms with E-state index in [1.807, 2.05) is 0 Å². The number of nitrogens with zero attached hydrogens (tertiary/aromatic N) is 2. The second-order valence-corrected chi connectivity index (χ2v) is 6.22. The fourth-order valence-electron chi connectivity index (χ4n) is 2.15. The highest BCUT2D eigenvalue weighted by Gasteiger charge is 2.16. The fraction of sp³-hybridized carbons (Fsp3) is 0.667. The number of ether oxygens (including phenoxy) is 1. The number of hydrogen-bond acceptors (Lipinski definition) is 5. The van der Waals surface area contributed by atoms with Gasteiger partial charge >= 0.3 is 0 Å². The Hall–Kier alpha value is -0.910. The van der Waals surface area contributed by atoms with Crippen molar-refractivity contribution in [2.45, 2.75) is 27.2 Å². The van der Waals surface area contributed by atoms with Crippen LogP contribution in [0.5, 0.6) is 0 Å². The molecule has 1 aliphatic rings. The van der Waals surface area contributed by atoms with Crippen LogP contribution in [0.15, 0.2) is 5.57 Å². The lowest BCUT2D eigenvalue weighted by molar-refractivity contribution is 0.122. The number of morpholine rings is 1. The van der Waals surface area contributed by atoms with Crippen LogP contribution in [0.25, 0.3) is 6.08 Å². The molecular weight excluding hydrogens is 270 g/mol. The van der Waals surface area contributed by atoms with Crippen molar-refractivity contribution in [2.75, 3.05) is 44.3 Å². The third-order valence-corrected chi connectivity index (χ3v) is 4.48. The van der Waals surface area contributed by atoms with Gasteiger partial charge in [-0.05, 0) is 32.9 Å². The molecule has 0 amide bonds. The Labute approximate surface area is 125 Å². The van der Waals surface area contributed by atoms with Crippen LogP contribution in [-0.4, -0.2) is 44.4 Å². The first-order valence-electron chi connectivity index (χ1n) is 7.38. The first kappa shape index (κ1) is 15.5. The number of hydrogen-bond donors (Lipinski definition) is 1. The fourth-order valence-corrected chi connectivity index (χ4v) is 3.30. The molecule has 1 aromatic rings. The van der Waals surface area contributed by atoms with E-state index in [1.165, 1.54) is 16.9 Å². The van der Waals surface area contributed by atoms with Crippen LogP contribution < -0.4 is 10.2 Å². The van der Waals surface area contributed by atoms with Gasteiger partial charge in [0.15, 0.2) is 5.13 Å². The van der Waals surface area contributed by atoms with Gasteiger partial charge in [0.05, 0.1) is 23.8 Å². The molecule has 1 N–H and O–H groups in total. The van der Waals surface area contributed by atoms with Gasteiger partial charge in [-0.25, -0.2) is 4.98 Å². The summed E-state index contributed by atoms with van der Waals surface area (Å²) >= 11 is 1.79. The molecule has 0 radical (unpaired) electrons. The van der Waals surface area contributed by atoms with Crippen molar-refractivity contribution in [3.8, 4) is 0 Å². The Balaban J connectivity index is 2.01. The van der Waals surface area contributed by atoms with Crippen molar-refractivity contribution < 1.29 is 4.74 Å². The SMILES string of the molecule is CCCNCC(C)=Cc1sc(N2CCOCC2)nc1C. The van der Waals surface area contributed by atoms with Crippen molar-refractivity contribution in [3.05, 3.63) is 16.1 Å². The number of aromatic nitrogens is 1. The Morgan fingerprint density at radius 1 is 1.45 bits per heavy atom. The molecular formula is C15H25N3OS. The molecule has 2 rings (SSSR count). The summed E-state index contributed by atoms with van der Waals surface area (Å²) in [5.41, 5.74) is 2.49. The van der Waals surface area contributed by atoms with Gasteiger partial charge in [-0.15, -0.1) is 0 Å². The molecule has 0 saturated carbocycles. The van der Waals surface area contributed by atoms with Crippen LogP contribution in [0.2, 0.25) is 0 Å². The van der Waals surface area contributed by atoms with E-state index in [9.17, 15) is 0 Å². The van der Waals surface area contributed by atoms with Crippen molar-refractivity contribution in [3.63, 3.8) is 0 Å². The summed E-state index contributed by atoms with van der Waals surface area (Å²) < 4.78 is 5.39. The summed E-state index contributed by atoms with van der Waals surface area (Å²) in [6, 6.07) is 0. The molecule has 20 heavy (non-hydrogen) atoms.